The first-order valence-corrected chi connectivity index (χ1v) is 12.1. The number of amides is 2. The highest BCUT2D eigenvalue weighted by Crippen LogP contribution is 2.29. The molecule has 1 aliphatic heterocycles. The SMILES string of the molecule is N#CCCN(C(=O)CCC(=O)Nc1cc(S(=O)(=O)N2CCCC2)ccc1O)c1ccccc1. The van der Waals surface area contributed by atoms with Crippen LogP contribution < -0.4 is 10.2 Å². The zero-order chi connectivity index (χ0) is 23.8. The number of rotatable bonds is 9. The molecule has 2 aromatic carbocycles. The van der Waals surface area contributed by atoms with Crippen LogP contribution in [0.2, 0.25) is 0 Å². The average Bonchev–Trinajstić information content (AvgIpc) is 3.36. The molecular formula is C23H26N4O5S. The smallest absolute Gasteiger partial charge is 0.243 e. The lowest BCUT2D eigenvalue weighted by Crippen LogP contribution is -2.32. The maximum Gasteiger partial charge on any atom is 0.243 e. The van der Waals surface area contributed by atoms with E-state index in [-0.39, 0.29) is 48.0 Å². The van der Waals surface area contributed by atoms with Gasteiger partial charge in [0.2, 0.25) is 21.8 Å². The van der Waals surface area contributed by atoms with Gasteiger partial charge in [0, 0.05) is 38.2 Å². The molecule has 0 radical (unpaired) electrons. The molecule has 10 heteroatoms. The Bertz CT molecular complexity index is 1140. The van der Waals surface area contributed by atoms with Crippen molar-refractivity contribution in [1.29, 1.82) is 5.26 Å². The van der Waals surface area contributed by atoms with E-state index in [0.717, 1.165) is 12.8 Å². The van der Waals surface area contributed by atoms with Gasteiger partial charge in [-0.3, -0.25) is 9.59 Å². The largest absolute Gasteiger partial charge is 0.506 e. The molecule has 1 fully saturated rings. The molecule has 0 aliphatic carbocycles. The Hall–Kier alpha value is -3.42. The number of carbonyl (C=O) groups excluding carboxylic acids is 2. The van der Waals surface area contributed by atoms with Crippen LogP contribution in [0.15, 0.2) is 53.4 Å². The van der Waals surface area contributed by atoms with Gasteiger partial charge < -0.3 is 15.3 Å². The van der Waals surface area contributed by atoms with E-state index in [4.69, 9.17) is 5.26 Å². The maximum absolute atomic E-state index is 12.8. The van der Waals surface area contributed by atoms with Gasteiger partial charge in [0.05, 0.1) is 23.1 Å². The van der Waals surface area contributed by atoms with Crippen LogP contribution >= 0.6 is 0 Å². The lowest BCUT2D eigenvalue weighted by molar-refractivity contribution is -0.122. The Morgan fingerprint density at radius 1 is 1.09 bits per heavy atom. The number of anilines is 2. The number of aromatic hydroxyl groups is 1. The van der Waals surface area contributed by atoms with Crippen molar-refractivity contribution in [3.8, 4) is 11.8 Å². The number of benzene rings is 2. The molecule has 2 N–H and O–H groups in total. The molecule has 2 aromatic rings. The van der Waals surface area contributed by atoms with E-state index in [1.807, 2.05) is 12.1 Å². The third-order valence-electron chi connectivity index (χ3n) is 5.33. The van der Waals surface area contributed by atoms with Crippen molar-refractivity contribution in [1.82, 2.24) is 4.31 Å². The fourth-order valence-electron chi connectivity index (χ4n) is 3.59. The topological polar surface area (TPSA) is 131 Å². The van der Waals surface area contributed by atoms with Crippen LogP contribution in [0.4, 0.5) is 11.4 Å². The summed E-state index contributed by atoms with van der Waals surface area (Å²) in [5.41, 5.74) is 0.604. The number of phenols is 1. The Labute approximate surface area is 193 Å². The molecule has 0 saturated carbocycles. The first kappa shape index (κ1) is 24.2. The molecule has 33 heavy (non-hydrogen) atoms. The van der Waals surface area contributed by atoms with E-state index in [9.17, 15) is 23.1 Å². The van der Waals surface area contributed by atoms with Gasteiger partial charge >= 0.3 is 0 Å². The molecule has 0 spiro atoms. The van der Waals surface area contributed by atoms with E-state index in [1.165, 1.54) is 27.4 Å². The van der Waals surface area contributed by atoms with Crippen molar-refractivity contribution in [2.45, 2.75) is 37.0 Å². The van der Waals surface area contributed by atoms with Crippen molar-refractivity contribution in [3.63, 3.8) is 0 Å². The summed E-state index contributed by atoms with van der Waals surface area (Å²) in [6.45, 7) is 1.09. The monoisotopic (exact) mass is 470 g/mol. The number of carbonyl (C=O) groups is 2. The molecule has 9 nitrogen and oxygen atoms in total. The molecule has 3 rings (SSSR count). The Balaban J connectivity index is 1.65. The fraction of sp³-hybridized carbons (Fsp3) is 0.348. The molecule has 0 bridgehead atoms. The summed E-state index contributed by atoms with van der Waals surface area (Å²) in [4.78, 5) is 26.6. The van der Waals surface area contributed by atoms with Crippen LogP contribution in [0, 0.1) is 11.3 Å². The van der Waals surface area contributed by atoms with Crippen LogP contribution in [-0.4, -0.2) is 49.3 Å². The van der Waals surface area contributed by atoms with E-state index >= 15 is 0 Å². The zero-order valence-electron chi connectivity index (χ0n) is 18.1. The number of nitrogens with one attached hydrogen (secondary N) is 1. The highest BCUT2D eigenvalue weighted by Gasteiger charge is 2.28. The standard InChI is InChI=1S/C23H26N4O5S/c24-13-6-16-27(18-7-2-1-3-8-18)23(30)12-11-22(29)25-20-17-19(9-10-21(20)28)33(31,32)26-14-4-5-15-26/h1-3,7-10,17,28H,4-6,11-12,14-16H2,(H,25,29). The predicted octanol–water partition coefficient (Wildman–Crippen LogP) is 2.84. The molecular weight excluding hydrogens is 444 g/mol. The van der Waals surface area contributed by atoms with Gasteiger partial charge in [0.25, 0.3) is 0 Å². The predicted molar refractivity (Wildman–Crippen MR) is 123 cm³/mol. The normalized spacial score (nSPS) is 13.9. The van der Waals surface area contributed by atoms with Gasteiger partial charge in [-0.1, -0.05) is 18.2 Å². The van der Waals surface area contributed by atoms with Crippen molar-refractivity contribution in [2.75, 3.05) is 29.9 Å². The average molecular weight is 471 g/mol. The van der Waals surface area contributed by atoms with Gasteiger partial charge in [-0.2, -0.15) is 9.57 Å². The minimum Gasteiger partial charge on any atom is -0.506 e. The van der Waals surface area contributed by atoms with Gasteiger partial charge in [-0.15, -0.1) is 0 Å². The highest BCUT2D eigenvalue weighted by molar-refractivity contribution is 7.89. The summed E-state index contributed by atoms with van der Waals surface area (Å²) >= 11 is 0. The van der Waals surface area contributed by atoms with Crippen molar-refractivity contribution in [2.24, 2.45) is 0 Å². The Kier molecular flexibility index (Phi) is 8.03. The van der Waals surface area contributed by atoms with Crippen LogP contribution in [-0.2, 0) is 19.6 Å². The fourth-order valence-corrected chi connectivity index (χ4v) is 5.13. The maximum atomic E-state index is 12.8. The number of hydrogen-bond donors (Lipinski definition) is 2. The third-order valence-corrected chi connectivity index (χ3v) is 7.22. The summed E-state index contributed by atoms with van der Waals surface area (Å²) in [6, 6.07) is 14.6. The van der Waals surface area contributed by atoms with Gasteiger partial charge in [-0.25, -0.2) is 8.42 Å². The minimum atomic E-state index is -3.71. The number of nitrogens with zero attached hydrogens (tertiary/aromatic N) is 3. The molecule has 0 atom stereocenters. The summed E-state index contributed by atoms with van der Waals surface area (Å²) < 4.78 is 26.9. The first-order valence-electron chi connectivity index (χ1n) is 10.7. The number of nitriles is 1. The molecule has 2 amide bonds. The highest BCUT2D eigenvalue weighted by atomic mass is 32.2. The van der Waals surface area contributed by atoms with Crippen LogP contribution in [0.1, 0.15) is 32.1 Å². The van der Waals surface area contributed by atoms with Gasteiger partial charge in [-0.05, 0) is 43.2 Å². The van der Waals surface area contributed by atoms with Crippen LogP contribution in [0.3, 0.4) is 0 Å². The second-order valence-corrected chi connectivity index (χ2v) is 9.57. The summed E-state index contributed by atoms with van der Waals surface area (Å²) in [7, 11) is -3.71. The van der Waals surface area contributed by atoms with E-state index in [0.29, 0.717) is 18.8 Å². The molecule has 0 aromatic heterocycles. The summed E-state index contributed by atoms with van der Waals surface area (Å²) in [5, 5.41) is 21.5. The van der Waals surface area contributed by atoms with Crippen molar-refractivity contribution < 1.29 is 23.1 Å². The summed E-state index contributed by atoms with van der Waals surface area (Å²) in [5.74, 6) is -1.13. The first-order chi connectivity index (χ1) is 15.8. The number of phenolic OH excluding ortho intramolecular Hbond substituents is 1. The molecule has 1 saturated heterocycles. The van der Waals surface area contributed by atoms with Gasteiger partial charge in [0.15, 0.2) is 0 Å². The lowest BCUT2D eigenvalue weighted by atomic mass is 10.2. The van der Waals surface area contributed by atoms with Crippen LogP contribution in [0.5, 0.6) is 5.75 Å². The van der Waals surface area contributed by atoms with Crippen LogP contribution in [0.25, 0.3) is 0 Å². The molecule has 1 aliphatic rings. The number of para-hydroxylation sites is 1. The molecule has 174 valence electrons. The number of hydrogen-bond acceptors (Lipinski definition) is 6. The lowest BCUT2D eigenvalue weighted by Gasteiger charge is -2.21. The van der Waals surface area contributed by atoms with E-state index in [2.05, 4.69) is 5.32 Å². The van der Waals surface area contributed by atoms with E-state index < -0.39 is 15.9 Å². The second-order valence-electron chi connectivity index (χ2n) is 7.63. The third kappa shape index (κ3) is 6.09. The van der Waals surface area contributed by atoms with E-state index in [1.54, 1.807) is 24.3 Å². The van der Waals surface area contributed by atoms with Gasteiger partial charge in [0.1, 0.15) is 5.75 Å². The quantitative estimate of drug-likeness (QED) is 0.542. The number of sulfonamides is 1. The van der Waals surface area contributed by atoms with Crippen molar-refractivity contribution >= 4 is 33.2 Å². The Morgan fingerprint density at radius 3 is 2.45 bits per heavy atom. The van der Waals surface area contributed by atoms with Crippen molar-refractivity contribution in [3.05, 3.63) is 48.5 Å². The minimum absolute atomic E-state index is 0.0136. The molecule has 0 unspecified atom stereocenters. The summed E-state index contributed by atoms with van der Waals surface area (Å²) in [6.07, 6.45) is 1.46. The molecule has 1 heterocycles. The second kappa shape index (κ2) is 10.9. The Morgan fingerprint density at radius 2 is 1.79 bits per heavy atom. The zero-order valence-corrected chi connectivity index (χ0v) is 18.9.